The van der Waals surface area contributed by atoms with Gasteiger partial charge >= 0.3 is 35.5 Å². The largest absolute Gasteiger partial charge is 0.481 e. The van der Waals surface area contributed by atoms with Crippen LogP contribution in [0.1, 0.15) is 121 Å². The molecule has 1 unspecified atom stereocenters. The summed E-state index contributed by atoms with van der Waals surface area (Å²) in [7, 11) is 0. The number of H-pyrrole nitrogens is 1. The van der Waals surface area contributed by atoms with Gasteiger partial charge in [0.25, 0.3) is 5.56 Å². The van der Waals surface area contributed by atoms with Crippen molar-refractivity contribution < 1.29 is 71.8 Å². The number of carbonyl (C=O) groups is 6. The van der Waals surface area contributed by atoms with Gasteiger partial charge in [-0.1, -0.05) is 81.3 Å². The molecule has 0 bridgehead atoms. The number of unbranched alkanes of at least 4 members (excludes halogenated alkanes) is 4. The topological polar surface area (TPSA) is 263 Å². The van der Waals surface area contributed by atoms with Crippen LogP contribution in [0, 0.1) is 12.8 Å². The van der Waals surface area contributed by atoms with Crippen molar-refractivity contribution in [1.29, 1.82) is 0 Å². The van der Waals surface area contributed by atoms with Gasteiger partial charge in [-0.05, 0) is 75.4 Å². The number of hydrogen-bond donors (Lipinski definition) is 3. The summed E-state index contributed by atoms with van der Waals surface area (Å²) >= 11 is 0. The summed E-state index contributed by atoms with van der Waals surface area (Å²) in [6.45, 7) is 5.55. The highest BCUT2D eigenvalue weighted by molar-refractivity contribution is 5.91. The summed E-state index contributed by atoms with van der Waals surface area (Å²) in [5.41, 5.74) is -0.180. The number of amides is 1. The molecule has 6 rings (SSSR count). The summed E-state index contributed by atoms with van der Waals surface area (Å²) in [6.07, 6.45) is -3.05. The number of nitrogens with zero attached hydrogens (tertiary/aromatic N) is 1. The average molecular weight is 1030 g/mol. The Bertz CT molecular complexity index is 2590. The van der Waals surface area contributed by atoms with E-state index in [0.717, 1.165) is 12.8 Å². The lowest BCUT2D eigenvalue weighted by Crippen LogP contribution is -2.58. The van der Waals surface area contributed by atoms with Crippen molar-refractivity contribution in [1.82, 2.24) is 14.9 Å². The Morgan fingerprint density at radius 1 is 0.649 bits per heavy atom. The van der Waals surface area contributed by atoms with Crippen molar-refractivity contribution in [3.05, 3.63) is 140 Å². The summed E-state index contributed by atoms with van der Waals surface area (Å²) in [5.74, 6) is -4.70. The van der Waals surface area contributed by atoms with E-state index in [1.807, 2.05) is 6.92 Å². The number of carboxylic acids is 1. The molecule has 0 spiro atoms. The number of aromatic nitrogens is 2. The maximum atomic E-state index is 13.5. The average Bonchev–Trinajstić information content (AvgIpc) is 3.74. The van der Waals surface area contributed by atoms with Crippen LogP contribution in [0.15, 0.2) is 107 Å². The molecule has 2 saturated heterocycles. The van der Waals surface area contributed by atoms with Gasteiger partial charge in [0.05, 0.1) is 35.6 Å². The molecule has 0 saturated carbocycles. The van der Waals surface area contributed by atoms with Crippen molar-refractivity contribution in [2.75, 3.05) is 26.4 Å². The molecular formula is C54H65N3O17. The quantitative estimate of drug-likeness (QED) is 0.0359. The van der Waals surface area contributed by atoms with Crippen molar-refractivity contribution in [3.63, 3.8) is 0 Å². The number of aliphatic carboxylic acids is 1. The molecule has 20 heteroatoms. The van der Waals surface area contributed by atoms with Crippen LogP contribution in [0.5, 0.6) is 0 Å². The van der Waals surface area contributed by atoms with Gasteiger partial charge in [0.15, 0.2) is 24.7 Å². The number of aromatic amines is 1. The zero-order valence-corrected chi connectivity index (χ0v) is 41.8. The van der Waals surface area contributed by atoms with Crippen LogP contribution in [0.4, 0.5) is 0 Å². The number of nitrogens with one attached hydrogen (secondary N) is 2. The van der Waals surface area contributed by atoms with E-state index < -0.39 is 103 Å². The summed E-state index contributed by atoms with van der Waals surface area (Å²) in [5, 5.41) is 12.0. The molecule has 3 heterocycles. The predicted octanol–water partition coefficient (Wildman–Crippen LogP) is 5.85. The van der Waals surface area contributed by atoms with Gasteiger partial charge in [-0.25, -0.2) is 19.2 Å². The lowest BCUT2D eigenvalue weighted by atomic mass is 9.91. The molecule has 0 radical (unpaired) electrons. The number of aryl methyl sites for hydroxylation is 1. The second kappa shape index (κ2) is 28.5. The summed E-state index contributed by atoms with van der Waals surface area (Å²) in [4.78, 5) is 104. The van der Waals surface area contributed by atoms with Crippen molar-refractivity contribution in [3.8, 4) is 0 Å². The highest BCUT2D eigenvalue weighted by atomic mass is 16.7. The smallest absolute Gasteiger partial charge is 0.338 e. The van der Waals surface area contributed by atoms with Crippen LogP contribution in [0.25, 0.3) is 0 Å². The van der Waals surface area contributed by atoms with Crippen LogP contribution in [0.2, 0.25) is 0 Å². The van der Waals surface area contributed by atoms with Crippen LogP contribution in [-0.4, -0.2) is 120 Å². The normalized spacial score (nSPS) is 22.3. The minimum atomic E-state index is -1.21. The van der Waals surface area contributed by atoms with Crippen molar-refractivity contribution >= 4 is 35.8 Å². The van der Waals surface area contributed by atoms with Gasteiger partial charge in [0.2, 0.25) is 5.91 Å². The molecule has 3 N–H and O–H groups in total. The number of esters is 4. The van der Waals surface area contributed by atoms with Gasteiger partial charge in [-0.3, -0.25) is 28.7 Å². The first kappa shape index (κ1) is 56.3. The molecule has 2 fully saturated rings. The Kier molecular flexibility index (Phi) is 21.6. The van der Waals surface area contributed by atoms with Crippen LogP contribution < -0.4 is 16.6 Å². The zero-order chi connectivity index (χ0) is 53.0. The third-order valence-corrected chi connectivity index (χ3v) is 12.5. The second-order valence-electron chi connectivity index (χ2n) is 18.1. The van der Waals surface area contributed by atoms with Crippen LogP contribution >= 0.6 is 0 Å². The monoisotopic (exact) mass is 1030 g/mol. The fourth-order valence-corrected chi connectivity index (χ4v) is 8.51. The first-order chi connectivity index (χ1) is 35.7. The summed E-state index contributed by atoms with van der Waals surface area (Å²) < 4.78 is 49.6. The lowest BCUT2D eigenvalue weighted by Gasteiger charge is -2.44. The van der Waals surface area contributed by atoms with Crippen molar-refractivity contribution in [2.24, 2.45) is 5.92 Å². The van der Waals surface area contributed by atoms with E-state index in [4.69, 9.17) is 43.0 Å². The van der Waals surface area contributed by atoms with Gasteiger partial charge < -0.3 is 48.3 Å². The van der Waals surface area contributed by atoms with Gasteiger partial charge in [0, 0.05) is 43.9 Å². The van der Waals surface area contributed by atoms with E-state index in [1.165, 1.54) is 17.7 Å². The van der Waals surface area contributed by atoms with Crippen LogP contribution in [-0.2, 0) is 52.3 Å². The Balaban J connectivity index is 0.968. The number of ether oxygens (including phenoxy) is 8. The molecule has 20 nitrogen and oxygen atoms in total. The first-order valence-corrected chi connectivity index (χ1v) is 25.0. The summed E-state index contributed by atoms with van der Waals surface area (Å²) in [6, 6.07) is 25.0. The van der Waals surface area contributed by atoms with E-state index in [0.29, 0.717) is 44.2 Å². The van der Waals surface area contributed by atoms with E-state index in [-0.39, 0.29) is 55.3 Å². The molecular weight excluding hydrogens is 963 g/mol. The molecule has 74 heavy (non-hydrogen) atoms. The van der Waals surface area contributed by atoms with Crippen molar-refractivity contribution in [2.45, 2.75) is 134 Å². The van der Waals surface area contributed by atoms with E-state index in [9.17, 15) is 38.4 Å². The number of rotatable bonds is 27. The maximum Gasteiger partial charge on any atom is 0.338 e. The molecule has 398 valence electrons. The molecule has 2 aliphatic heterocycles. The maximum absolute atomic E-state index is 13.5. The SMILES string of the molecule is CC[C@H]1O[C@@H](n2cc(C)c(=O)[nH]c2=O)[C@@H](OCCCCCCNC(=O)CCCCO[C@@H]2O[C@H](COC(=O)c3ccccc3)[C@H](OC(=O)c3ccccc3)[C@H](OC(=O)c3ccccc3)[C@H]2C)C1OC(=O)CCC(=O)O. The molecule has 1 amide bonds. The van der Waals surface area contributed by atoms with E-state index in [2.05, 4.69) is 10.3 Å². The molecule has 3 aromatic carbocycles. The minimum absolute atomic E-state index is 0.138. The standard InChI is InChI=1S/C54H65N3O17/c1-4-39-45(72-43(61)28-27-42(59)60)47(49(70-39)57-32-34(2)48(62)56-54(57)66)67-30-18-6-5-17-29-55-41(58)26-16-19-31-68-53-35(3)44(73-51(64)37-22-12-8-13-23-37)46(74-52(65)38-24-14-9-15-25-38)40(71-53)33-69-50(63)36-20-10-7-11-21-36/h7-15,20-25,32,35,39-40,44-47,49,53H,4-6,16-19,26-31,33H2,1-3H3,(H,55,58)(H,59,60)(H,56,62,66)/t35-,39-,40-,44-,45?,46+,47+,49-,53-/m1/s1. The highest BCUT2D eigenvalue weighted by Crippen LogP contribution is 2.36. The highest BCUT2D eigenvalue weighted by Gasteiger charge is 2.50. The molecule has 1 aromatic heterocycles. The fourth-order valence-electron chi connectivity index (χ4n) is 8.51. The fraction of sp³-hybridized carbons (Fsp3) is 0.481. The lowest BCUT2D eigenvalue weighted by molar-refractivity contribution is -0.281. The molecule has 0 aliphatic carbocycles. The predicted molar refractivity (Wildman–Crippen MR) is 264 cm³/mol. The Labute approximate surface area is 427 Å². The third-order valence-electron chi connectivity index (χ3n) is 12.5. The van der Waals surface area contributed by atoms with Crippen LogP contribution in [0.3, 0.4) is 0 Å². The Morgan fingerprint density at radius 2 is 1.22 bits per heavy atom. The van der Waals surface area contributed by atoms with E-state index >= 15 is 0 Å². The minimum Gasteiger partial charge on any atom is -0.481 e. The van der Waals surface area contributed by atoms with Gasteiger partial charge in [0.1, 0.15) is 24.9 Å². The van der Waals surface area contributed by atoms with E-state index in [1.54, 1.807) is 97.9 Å². The molecule has 9 atom stereocenters. The molecule has 2 aliphatic rings. The van der Waals surface area contributed by atoms with Gasteiger partial charge in [-0.15, -0.1) is 0 Å². The Hall–Kier alpha value is -7.00. The molecule has 4 aromatic rings. The number of carboxylic acid groups (broad SMARTS) is 1. The Morgan fingerprint density at radius 3 is 1.84 bits per heavy atom. The number of carbonyl (C=O) groups excluding carboxylic acids is 5. The first-order valence-electron chi connectivity index (χ1n) is 25.0. The number of benzene rings is 3. The zero-order valence-electron chi connectivity index (χ0n) is 41.8. The second-order valence-corrected chi connectivity index (χ2v) is 18.1. The third kappa shape index (κ3) is 16.2. The number of hydrogen-bond acceptors (Lipinski definition) is 16. The van der Waals surface area contributed by atoms with Gasteiger partial charge in [-0.2, -0.15) is 0 Å².